The number of phosphoric acid groups is 4. The van der Waals surface area contributed by atoms with Crippen molar-refractivity contribution in [3.8, 4) is 0 Å². The first-order chi connectivity index (χ1) is 63.9. The van der Waals surface area contributed by atoms with Crippen LogP contribution in [0.15, 0.2) is 60.9 Å². The summed E-state index contributed by atoms with van der Waals surface area (Å²) >= 11 is 16.9. The van der Waals surface area contributed by atoms with Gasteiger partial charge in [0.05, 0.1) is 82.5 Å². The Balaban J connectivity index is 0.000000130. The summed E-state index contributed by atoms with van der Waals surface area (Å²) in [6.07, 6.45) is -22.0. The molecule has 73 heteroatoms. The minimum absolute atomic E-state index is 0.00171. The molecule has 0 amide bonds. The minimum atomic E-state index is -5.10. The molecular formula is C62H72ClFN26O36P6S3. The van der Waals surface area contributed by atoms with Crippen molar-refractivity contribution >= 4 is 191 Å². The molecule has 62 nitrogen and oxygen atoms in total. The highest BCUT2D eigenvalue weighted by molar-refractivity contribution is 8.44. The number of nitrogens with two attached hydrogens (primary N) is 4. The Morgan fingerprint density at radius 1 is 0.496 bits per heavy atom. The van der Waals surface area contributed by atoms with Gasteiger partial charge in [-0.05, 0) is 11.8 Å². The van der Waals surface area contributed by atoms with Crippen molar-refractivity contribution in [2.75, 3.05) is 56.8 Å². The van der Waals surface area contributed by atoms with Gasteiger partial charge in [-0.3, -0.25) is 107 Å². The number of aliphatic hydroxyl groups is 4. The van der Waals surface area contributed by atoms with Crippen LogP contribution in [0.25, 0.3) is 33.5 Å². The number of phosphoric ester groups is 4. The Labute approximate surface area is 767 Å². The summed E-state index contributed by atoms with van der Waals surface area (Å²) in [5, 5.41) is 53.1. The predicted octanol–water partition coefficient (Wildman–Crippen LogP) is -1.53. The number of Topliss-reactive ketones (excluding diaryl/α,β-unsaturated/α-hetero) is 2. The van der Waals surface area contributed by atoms with E-state index < -0.39 is 252 Å². The van der Waals surface area contributed by atoms with Gasteiger partial charge >= 0.3 is 44.8 Å². The number of ketones is 2. The van der Waals surface area contributed by atoms with E-state index in [1.54, 1.807) is 6.21 Å². The predicted molar refractivity (Wildman–Crippen MR) is 452 cm³/mol. The van der Waals surface area contributed by atoms with Crippen molar-refractivity contribution in [3.05, 3.63) is 79.5 Å². The highest BCUT2D eigenvalue weighted by Crippen LogP contribution is 2.63. The van der Waals surface area contributed by atoms with Crippen molar-refractivity contribution in [1.82, 2.24) is 92.9 Å². The summed E-state index contributed by atoms with van der Waals surface area (Å²) in [5.74, 6) is -1.09. The number of thioether (sulfide) groups is 1. The monoisotopic (exact) mass is 2090 g/mol. The van der Waals surface area contributed by atoms with Crippen LogP contribution < -0.4 is 39.6 Å². The molecule has 9 aromatic rings. The fraction of sp³-hybridized carbons (Fsp3) is 0.548. The number of rotatable bonds is 6. The number of hydrogen-bond acceptors (Lipinski definition) is 50. The lowest BCUT2D eigenvalue weighted by atomic mass is 10.0. The molecule has 9 aromatic heterocycles. The van der Waals surface area contributed by atoms with Gasteiger partial charge in [0.25, 0.3) is 16.7 Å². The fourth-order valence-electron chi connectivity index (χ4n) is 16.2. The number of carbonyl (C=O) groups is 2. The standard InChI is InChI=1S/C21H23FN8O10P2S3.C21H27N9O13P2.C20H22ClN9O13P2/c22-10-14-8(38-19(10)29-5-25-11-7(31)1-2-24-16(11)29)3-36-41(34,43)40-15-13(32)9(4-37-42(35,44)39-14)45-20(15)30-6-26-12-17(30)27-21(23)28-18(12)33;22-10-1-2-24-17-7(3-26-30(10)17)14-13(32)15-9(40-14)5-39-45(36,37)43-16-12(31)8(4-38-44(34,35)42-15)41-20(16)29-6-25-11-18(29)27-21(23)28-19(11)33;21-9-13-8(41-18(9)30-15-10(27-28-30)6(31)1-2-23-15)4-39-45(36,37)43-14-12(32)7(3-38-44(34,35)42-13)40-19(14)29-5-24-11-16(29)25-20(22)26-17(11)33/h2,5-6,8-10,13-15,19-20,32H,1,3-4H2,(H,34,43)(H,35,44)(H3,23,27,28,33);2-3,6,8-10,12-16,20,31-32H,1,4-5,22H2,(H,34,35)(H,36,37)(H3,23,27,28,33);2,5,7-9,12-14,18-19,32H,1,3-4H2,(H,34,35)(H,36,37)(H3,22,25,26,33)/t8-,9-,10+,13-,14-,15-,19-,20-,41?,42?;8-,9-,10?,12?,13-,14+,15?,16+,20-;7-,8-,9+,12-,13-,14-,18-,19-/m111/s1. The molecule has 21 rings (SSSR count). The van der Waals surface area contributed by atoms with Crippen molar-refractivity contribution < 1.29 is 160 Å². The molecule has 12 aliphatic rings. The number of aliphatic imine (C=N–C) groups is 3. The van der Waals surface area contributed by atoms with E-state index in [2.05, 4.69) is 92.5 Å². The quantitative estimate of drug-likeness (QED) is 0.0510. The first-order valence-corrected chi connectivity index (χ1v) is 52.1. The number of carbonyl (C=O) groups excluding carboxylic acids is 2. The largest absolute Gasteiger partial charge is 0.472 e. The van der Waals surface area contributed by atoms with Crippen LogP contribution in [-0.2, 0) is 113 Å². The van der Waals surface area contributed by atoms with Crippen LogP contribution >= 0.6 is 80.4 Å². The number of hydrogen-bond donors (Lipinski definition) is 17. The second kappa shape index (κ2) is 36.6. The lowest BCUT2D eigenvalue weighted by molar-refractivity contribution is -0.0685. The number of imidazole rings is 4. The third-order valence-corrected chi connectivity index (χ3v) is 31.5. The zero-order chi connectivity index (χ0) is 95.5. The molecule has 0 saturated carbocycles. The topological polar surface area (TPSA) is 857 Å². The number of nitrogens with zero attached hydrogens (tertiary/aromatic N) is 19. The molecule has 6 bridgehead atoms. The van der Waals surface area contributed by atoms with Gasteiger partial charge in [-0.1, -0.05) is 17.5 Å². The van der Waals surface area contributed by atoms with E-state index in [9.17, 15) is 91.7 Å². The molecule has 0 aliphatic carbocycles. The lowest BCUT2D eigenvalue weighted by Crippen LogP contribution is -2.35. The molecule has 21 heterocycles. The maximum absolute atomic E-state index is 16.0. The Morgan fingerprint density at radius 2 is 0.963 bits per heavy atom. The molecule has 9 unspecified atom stereocenters. The lowest BCUT2D eigenvalue weighted by Gasteiger charge is -2.27. The van der Waals surface area contributed by atoms with Gasteiger partial charge in [0.2, 0.25) is 17.8 Å². The van der Waals surface area contributed by atoms with Crippen LogP contribution in [0, 0.1) is 0 Å². The zero-order valence-corrected chi connectivity index (χ0v) is 76.1. The summed E-state index contributed by atoms with van der Waals surface area (Å²) in [7, 11) is -20.3. The van der Waals surface area contributed by atoms with Gasteiger partial charge in [0, 0.05) is 43.5 Å². The van der Waals surface area contributed by atoms with Crippen LogP contribution in [0.1, 0.15) is 88.4 Å². The van der Waals surface area contributed by atoms with E-state index in [4.69, 9.17) is 124 Å². The number of aromatic amines is 3. The van der Waals surface area contributed by atoms with Crippen molar-refractivity contribution in [2.24, 2.45) is 20.7 Å². The molecule has 0 radical (unpaired) electrons. The smallest absolute Gasteiger partial charge is 0.389 e. The number of fused-ring (bicyclic) bond motifs is 15. The number of H-pyrrole nitrogens is 3. The van der Waals surface area contributed by atoms with Crippen molar-refractivity contribution in [3.63, 3.8) is 0 Å². The highest BCUT2D eigenvalue weighted by atomic mass is 35.5. The maximum atomic E-state index is 16.0. The Morgan fingerprint density at radius 3 is 1.53 bits per heavy atom. The summed E-state index contributed by atoms with van der Waals surface area (Å²) in [5.41, 5.74) is 20.8. The second-order valence-corrected chi connectivity index (χ2v) is 44.2. The third-order valence-electron chi connectivity index (χ3n) is 22.4. The van der Waals surface area contributed by atoms with Gasteiger partial charge < -0.3 is 96.0 Å². The molecule has 31 atom stereocenters. The van der Waals surface area contributed by atoms with Crippen molar-refractivity contribution in [2.45, 2.75) is 170 Å². The highest BCUT2D eigenvalue weighted by Gasteiger charge is 2.60. The van der Waals surface area contributed by atoms with Gasteiger partial charge in [-0.15, -0.1) is 28.5 Å². The number of thiol groups is 1. The zero-order valence-electron chi connectivity index (χ0n) is 67.5. The maximum Gasteiger partial charge on any atom is 0.472 e. The summed E-state index contributed by atoms with van der Waals surface area (Å²) in [6, 6.07) is 0. The van der Waals surface area contributed by atoms with Crippen LogP contribution in [0.4, 0.5) is 39.7 Å². The summed E-state index contributed by atoms with van der Waals surface area (Å²) in [4.78, 5) is 162. The Hall–Kier alpha value is -8.00. The molecule has 12 aliphatic heterocycles. The fourth-order valence-corrected chi connectivity index (χ4v) is 25.0. The molecule has 20 N–H and O–H groups in total. The number of nitrogens with one attached hydrogen (secondary N) is 3. The number of ether oxygens (including phenoxy) is 5. The molecule has 9 fully saturated rings. The number of alkyl halides is 2. The first kappa shape index (κ1) is 95.9. The van der Waals surface area contributed by atoms with Crippen LogP contribution in [-0.4, -0.2) is 316 Å². The Bertz CT molecular complexity index is 6550. The summed E-state index contributed by atoms with van der Waals surface area (Å²) < 4.78 is 183. The second-order valence-electron chi connectivity index (χ2n) is 31.0. The van der Waals surface area contributed by atoms with Gasteiger partial charge in [-0.25, -0.2) is 66.8 Å². The average Bonchev–Trinajstić information content (AvgIpc) is 1.62. The summed E-state index contributed by atoms with van der Waals surface area (Å²) in [6.45, 7) is -12.8. The molecule has 9 saturated heterocycles. The van der Waals surface area contributed by atoms with Crippen LogP contribution in [0.5, 0.6) is 0 Å². The molecule has 0 aromatic carbocycles. The van der Waals surface area contributed by atoms with Crippen molar-refractivity contribution in [1.29, 1.82) is 0 Å². The molecular weight excluding hydrogens is 2020 g/mol. The number of halogens is 2. The molecule has 0 spiro atoms. The van der Waals surface area contributed by atoms with Gasteiger partial charge in [-0.2, -0.15) is 24.7 Å². The minimum Gasteiger partial charge on any atom is -0.389 e. The number of nitrogen functional groups attached to an aromatic ring is 3. The van der Waals surface area contributed by atoms with E-state index in [0.717, 1.165) is 38.2 Å². The number of aliphatic hydroxyl groups excluding tert-OH is 4. The number of anilines is 3. The third kappa shape index (κ3) is 18.7. The molecule has 135 heavy (non-hydrogen) atoms. The number of aromatic nitrogens is 19. The Kier molecular flexibility index (Phi) is 26.0. The van der Waals surface area contributed by atoms with E-state index in [1.165, 1.54) is 45.1 Å². The van der Waals surface area contributed by atoms with Crippen LogP contribution in [0.3, 0.4) is 0 Å². The normalized spacial score (nSPS) is 39.3. The van der Waals surface area contributed by atoms with Gasteiger partial charge in [0.1, 0.15) is 108 Å². The SMILES string of the molecule is Nc1nc2c(ncn2[C@@H]2O[C@@H]3COP(=O)(O)OC4[C@@H](COP(=O)(O)O[C@H]2C3O)O[C@@H](c2cnn3c2N=CCC3N)[C@H]4O)c(=O)[nH]1.Nc1nc2c(ncn2[C@@H]2O[C@@H]3COP(=O)(O)O[C@H]4[C@H](Cl)[C@H](n5nnc6c5N=CCC6=O)O[C@@H]4COP(=O)(O)O[C@@H]2[C@@H]3O)c(=O)[nH]1.Nc1nc2c(ncn2[C@@H]2S[C@@H]3COP(O)(=S)O[C@H]4[C@H](F)[C@H](n5cnc6c5N=CCC6=O)O[C@@H]4COP(=O)(S)O[C@@H]2[C@@H]3O)c(=O)[nH]1. The molecule has 728 valence electrons. The van der Waals surface area contributed by atoms with E-state index in [-0.39, 0.29) is 110 Å². The first-order valence-electron chi connectivity index (χ1n) is 39.5. The van der Waals surface area contributed by atoms with E-state index in [0.29, 0.717) is 6.42 Å². The van der Waals surface area contributed by atoms with Crippen LogP contribution in [0.2, 0.25) is 0 Å². The van der Waals surface area contributed by atoms with Gasteiger partial charge in [0.15, 0.2) is 105 Å². The van der Waals surface area contributed by atoms with E-state index in [1.807, 2.05) is 0 Å². The van der Waals surface area contributed by atoms with E-state index >= 15 is 4.39 Å². The average molecular weight is 2090 g/mol.